The Morgan fingerprint density at radius 1 is 1.19 bits per heavy atom. The number of nitrogens with two attached hydrogens (primary N) is 1. The van der Waals surface area contributed by atoms with E-state index in [4.69, 9.17) is 5.73 Å². The highest BCUT2D eigenvalue weighted by Gasteiger charge is 2.33. The maximum atomic E-state index is 6.60. The second-order valence-corrected chi connectivity index (χ2v) is 6.66. The Balaban J connectivity index is 1.67. The predicted molar refractivity (Wildman–Crippen MR) is 88.4 cm³/mol. The van der Waals surface area contributed by atoms with Gasteiger partial charge in [-0.3, -0.25) is 4.90 Å². The topological polar surface area (TPSA) is 32.5 Å². The van der Waals surface area contributed by atoms with Crippen LogP contribution in [0, 0.1) is 0 Å². The molecule has 1 aromatic rings. The van der Waals surface area contributed by atoms with E-state index in [1.165, 1.54) is 56.4 Å². The minimum atomic E-state index is 0.171. The molecule has 3 heteroatoms. The lowest BCUT2D eigenvalue weighted by atomic mass is 9.83. The molecule has 1 fully saturated rings. The molecule has 1 aliphatic heterocycles. The minimum Gasteiger partial charge on any atom is -0.323 e. The molecule has 0 spiro atoms. The molecule has 2 unspecified atom stereocenters. The van der Waals surface area contributed by atoms with Gasteiger partial charge in [-0.2, -0.15) is 0 Å². The Bertz CT molecular complexity index is 465. The van der Waals surface area contributed by atoms with Gasteiger partial charge in [-0.05, 0) is 63.5 Å². The fourth-order valence-electron chi connectivity index (χ4n) is 4.15. The Hall–Kier alpha value is -0.900. The van der Waals surface area contributed by atoms with E-state index in [1.54, 1.807) is 0 Å². The highest BCUT2D eigenvalue weighted by molar-refractivity contribution is 5.33. The molecular weight excluding hydrogens is 258 g/mol. The van der Waals surface area contributed by atoms with E-state index in [-0.39, 0.29) is 6.04 Å². The van der Waals surface area contributed by atoms with Crippen LogP contribution in [0.1, 0.15) is 43.4 Å². The van der Waals surface area contributed by atoms with Crippen molar-refractivity contribution in [2.24, 2.45) is 5.73 Å². The fraction of sp³-hybridized carbons (Fsp3) is 0.667. The molecule has 2 N–H and O–H groups in total. The first-order valence-corrected chi connectivity index (χ1v) is 8.48. The van der Waals surface area contributed by atoms with E-state index in [2.05, 4.69) is 48.0 Å². The summed E-state index contributed by atoms with van der Waals surface area (Å²) in [4.78, 5) is 5.15. The second kappa shape index (κ2) is 6.47. The lowest BCUT2D eigenvalue weighted by Crippen LogP contribution is -2.51. The zero-order valence-electron chi connectivity index (χ0n) is 13.5. The molecule has 3 nitrogen and oxygen atoms in total. The van der Waals surface area contributed by atoms with Crippen molar-refractivity contribution in [1.82, 2.24) is 9.80 Å². The zero-order chi connectivity index (χ0) is 14.8. The summed E-state index contributed by atoms with van der Waals surface area (Å²) >= 11 is 0. The van der Waals surface area contributed by atoms with Crippen LogP contribution < -0.4 is 5.73 Å². The highest BCUT2D eigenvalue weighted by atomic mass is 15.2. The van der Waals surface area contributed by atoms with Gasteiger partial charge in [-0.1, -0.05) is 31.2 Å². The molecule has 1 saturated heterocycles. The van der Waals surface area contributed by atoms with E-state index in [0.29, 0.717) is 12.1 Å². The average molecular weight is 287 g/mol. The molecule has 0 saturated carbocycles. The Labute approximate surface area is 129 Å². The molecule has 21 heavy (non-hydrogen) atoms. The number of aryl methyl sites for hydroxylation is 1. The standard InChI is InChI=1S/C18H29N3/c1-3-21-12-10-15(11-13-21)20(2)17-9-8-14-6-4-5-7-16(14)18(17)19/h4-7,15,17-18H,3,8-13,19H2,1-2H3. The van der Waals surface area contributed by atoms with E-state index < -0.39 is 0 Å². The van der Waals surface area contributed by atoms with Gasteiger partial charge in [0.1, 0.15) is 0 Å². The maximum absolute atomic E-state index is 6.60. The minimum absolute atomic E-state index is 0.171. The zero-order valence-corrected chi connectivity index (χ0v) is 13.5. The van der Waals surface area contributed by atoms with Crippen molar-refractivity contribution in [2.75, 3.05) is 26.7 Å². The van der Waals surface area contributed by atoms with Crippen molar-refractivity contribution in [3.63, 3.8) is 0 Å². The van der Waals surface area contributed by atoms with E-state index in [0.717, 1.165) is 0 Å². The number of likely N-dealkylation sites (tertiary alicyclic amines) is 1. The molecule has 1 aromatic carbocycles. The van der Waals surface area contributed by atoms with Crippen LogP contribution in [0.2, 0.25) is 0 Å². The van der Waals surface area contributed by atoms with Crippen LogP contribution in [-0.2, 0) is 6.42 Å². The van der Waals surface area contributed by atoms with Crippen molar-refractivity contribution in [3.8, 4) is 0 Å². The van der Waals surface area contributed by atoms with Gasteiger partial charge in [-0.25, -0.2) is 0 Å². The van der Waals surface area contributed by atoms with E-state index in [9.17, 15) is 0 Å². The lowest BCUT2D eigenvalue weighted by molar-refractivity contribution is 0.0805. The summed E-state index contributed by atoms with van der Waals surface area (Å²) in [6, 6.07) is 10.1. The van der Waals surface area contributed by atoms with Crippen LogP contribution in [-0.4, -0.2) is 48.6 Å². The fourth-order valence-corrected chi connectivity index (χ4v) is 4.15. The summed E-state index contributed by atoms with van der Waals surface area (Å²) in [6.45, 7) is 5.93. The number of piperidine rings is 1. The van der Waals surface area contributed by atoms with Crippen LogP contribution in [0.15, 0.2) is 24.3 Å². The largest absolute Gasteiger partial charge is 0.323 e. The summed E-state index contributed by atoms with van der Waals surface area (Å²) in [7, 11) is 2.30. The van der Waals surface area contributed by atoms with Crippen LogP contribution in [0.3, 0.4) is 0 Å². The Morgan fingerprint density at radius 3 is 2.62 bits per heavy atom. The Kier molecular flexibility index (Phi) is 4.63. The number of nitrogens with zero attached hydrogens (tertiary/aromatic N) is 2. The number of hydrogen-bond acceptors (Lipinski definition) is 3. The van der Waals surface area contributed by atoms with Crippen molar-refractivity contribution in [3.05, 3.63) is 35.4 Å². The lowest BCUT2D eigenvalue weighted by Gasteiger charge is -2.44. The number of fused-ring (bicyclic) bond motifs is 1. The third kappa shape index (κ3) is 3.01. The van der Waals surface area contributed by atoms with Crippen LogP contribution >= 0.6 is 0 Å². The van der Waals surface area contributed by atoms with Gasteiger partial charge in [0, 0.05) is 18.1 Å². The number of rotatable bonds is 3. The number of benzene rings is 1. The van der Waals surface area contributed by atoms with Crippen LogP contribution in [0.4, 0.5) is 0 Å². The van der Waals surface area contributed by atoms with Gasteiger partial charge in [0.05, 0.1) is 0 Å². The summed E-state index contributed by atoms with van der Waals surface area (Å²) in [6.07, 6.45) is 4.94. The van der Waals surface area contributed by atoms with Crippen LogP contribution in [0.5, 0.6) is 0 Å². The molecule has 116 valence electrons. The number of likely N-dealkylation sites (N-methyl/N-ethyl adjacent to an activating group) is 1. The maximum Gasteiger partial charge on any atom is 0.0455 e. The molecule has 3 rings (SSSR count). The molecule has 0 aromatic heterocycles. The molecule has 0 radical (unpaired) electrons. The first-order valence-electron chi connectivity index (χ1n) is 8.48. The smallest absolute Gasteiger partial charge is 0.0455 e. The second-order valence-electron chi connectivity index (χ2n) is 6.66. The quantitative estimate of drug-likeness (QED) is 0.926. The van der Waals surface area contributed by atoms with Gasteiger partial charge in [0.25, 0.3) is 0 Å². The first kappa shape index (κ1) is 15.0. The van der Waals surface area contributed by atoms with Crippen molar-refractivity contribution < 1.29 is 0 Å². The van der Waals surface area contributed by atoms with Gasteiger partial charge in [-0.15, -0.1) is 0 Å². The van der Waals surface area contributed by atoms with Crippen LogP contribution in [0.25, 0.3) is 0 Å². The molecule has 1 aliphatic carbocycles. The molecule has 2 aliphatic rings. The monoisotopic (exact) mass is 287 g/mol. The average Bonchev–Trinajstić information content (AvgIpc) is 2.55. The normalized spacial score (nSPS) is 27.8. The molecular formula is C18H29N3. The van der Waals surface area contributed by atoms with Crippen molar-refractivity contribution in [2.45, 2.75) is 50.7 Å². The van der Waals surface area contributed by atoms with Gasteiger partial charge < -0.3 is 10.6 Å². The van der Waals surface area contributed by atoms with Crippen molar-refractivity contribution in [1.29, 1.82) is 0 Å². The molecule has 0 bridgehead atoms. The SMILES string of the molecule is CCN1CCC(N(C)C2CCc3ccccc3C2N)CC1. The Morgan fingerprint density at radius 2 is 1.90 bits per heavy atom. The first-order chi connectivity index (χ1) is 10.2. The molecule has 0 amide bonds. The summed E-state index contributed by atoms with van der Waals surface area (Å²) < 4.78 is 0. The van der Waals surface area contributed by atoms with E-state index >= 15 is 0 Å². The molecule has 1 heterocycles. The third-order valence-electron chi connectivity index (χ3n) is 5.64. The van der Waals surface area contributed by atoms with Gasteiger partial charge >= 0.3 is 0 Å². The summed E-state index contributed by atoms with van der Waals surface area (Å²) in [5.74, 6) is 0. The number of hydrogen-bond donors (Lipinski definition) is 1. The predicted octanol–water partition coefficient (Wildman–Crippen LogP) is 2.42. The van der Waals surface area contributed by atoms with Crippen molar-refractivity contribution >= 4 is 0 Å². The van der Waals surface area contributed by atoms with E-state index in [1.807, 2.05) is 0 Å². The summed E-state index contributed by atoms with van der Waals surface area (Å²) in [5.41, 5.74) is 9.42. The summed E-state index contributed by atoms with van der Waals surface area (Å²) in [5, 5.41) is 0. The third-order valence-corrected chi connectivity index (χ3v) is 5.64. The highest BCUT2D eigenvalue weighted by Crippen LogP contribution is 2.32. The molecule has 2 atom stereocenters. The van der Waals surface area contributed by atoms with Gasteiger partial charge in [0.15, 0.2) is 0 Å². The van der Waals surface area contributed by atoms with Gasteiger partial charge in [0.2, 0.25) is 0 Å².